The van der Waals surface area contributed by atoms with E-state index >= 15 is 0 Å². The number of nitrogens with zero attached hydrogens (tertiary/aromatic N) is 2. The van der Waals surface area contributed by atoms with Gasteiger partial charge in [-0.3, -0.25) is 4.72 Å². The molecular formula is C12H12ClN3O4S. The van der Waals surface area contributed by atoms with Gasteiger partial charge in [-0.05, 0) is 24.6 Å². The van der Waals surface area contributed by atoms with Crippen molar-refractivity contribution in [1.82, 2.24) is 9.55 Å². The standard InChI is InChI=1S/C12H12ClN3O4S/c1-7-3-4-14-11(13)10(7)15-21(19,20)8-5-9(12(17)18)16(2)6-8/h3-6,15H,1-2H3,(H,17,18). The van der Waals surface area contributed by atoms with Crippen LogP contribution in [0.15, 0.2) is 29.4 Å². The molecule has 0 radical (unpaired) electrons. The number of aryl methyl sites for hydroxylation is 2. The van der Waals surface area contributed by atoms with Crippen LogP contribution in [0.5, 0.6) is 0 Å². The minimum absolute atomic E-state index is 0.0213. The van der Waals surface area contributed by atoms with Crippen molar-refractivity contribution in [1.29, 1.82) is 0 Å². The SMILES string of the molecule is Cc1ccnc(Cl)c1NS(=O)(=O)c1cc(C(=O)O)n(C)c1. The molecule has 0 bridgehead atoms. The first-order valence-electron chi connectivity index (χ1n) is 5.76. The summed E-state index contributed by atoms with van der Waals surface area (Å²) in [4.78, 5) is 14.6. The van der Waals surface area contributed by atoms with E-state index in [1.807, 2.05) is 0 Å². The van der Waals surface area contributed by atoms with Gasteiger partial charge in [0.1, 0.15) is 10.6 Å². The Morgan fingerprint density at radius 3 is 2.67 bits per heavy atom. The maximum atomic E-state index is 12.3. The quantitative estimate of drug-likeness (QED) is 0.834. The first-order valence-corrected chi connectivity index (χ1v) is 7.62. The molecule has 2 heterocycles. The van der Waals surface area contributed by atoms with Crippen molar-refractivity contribution in [3.05, 3.63) is 40.9 Å². The van der Waals surface area contributed by atoms with Crippen LogP contribution in [-0.2, 0) is 17.1 Å². The summed E-state index contributed by atoms with van der Waals surface area (Å²) in [5.41, 5.74) is 0.636. The van der Waals surface area contributed by atoms with Gasteiger partial charge in [0, 0.05) is 19.4 Å². The molecule has 0 aliphatic heterocycles. The zero-order valence-corrected chi connectivity index (χ0v) is 12.7. The number of hydrogen-bond acceptors (Lipinski definition) is 4. The van der Waals surface area contributed by atoms with Gasteiger partial charge in [-0.1, -0.05) is 11.6 Å². The summed E-state index contributed by atoms with van der Waals surface area (Å²) in [5.74, 6) is -1.21. The number of carbonyl (C=O) groups is 1. The van der Waals surface area contributed by atoms with E-state index in [1.165, 1.54) is 24.0 Å². The lowest BCUT2D eigenvalue weighted by Gasteiger charge is -2.10. The van der Waals surface area contributed by atoms with E-state index in [-0.39, 0.29) is 21.4 Å². The number of nitrogens with one attached hydrogen (secondary N) is 1. The van der Waals surface area contributed by atoms with E-state index in [2.05, 4.69) is 9.71 Å². The molecule has 0 saturated carbocycles. The van der Waals surface area contributed by atoms with Crippen LogP contribution < -0.4 is 4.72 Å². The predicted molar refractivity (Wildman–Crippen MR) is 77.2 cm³/mol. The van der Waals surface area contributed by atoms with Crippen LogP contribution in [0.3, 0.4) is 0 Å². The Kier molecular flexibility index (Phi) is 3.93. The molecule has 0 aliphatic carbocycles. The second-order valence-corrected chi connectivity index (χ2v) is 6.42. The normalized spacial score (nSPS) is 11.4. The Balaban J connectivity index is 2.44. The maximum Gasteiger partial charge on any atom is 0.352 e. The van der Waals surface area contributed by atoms with Gasteiger partial charge in [0.05, 0.1) is 5.69 Å². The number of pyridine rings is 1. The van der Waals surface area contributed by atoms with E-state index < -0.39 is 16.0 Å². The number of anilines is 1. The van der Waals surface area contributed by atoms with Crippen molar-refractivity contribution in [3.63, 3.8) is 0 Å². The average Bonchev–Trinajstić information content (AvgIpc) is 2.77. The minimum atomic E-state index is -3.95. The highest BCUT2D eigenvalue weighted by Crippen LogP contribution is 2.26. The molecule has 2 N–H and O–H groups in total. The summed E-state index contributed by atoms with van der Waals surface area (Å²) in [6.07, 6.45) is 2.67. The Hall–Kier alpha value is -2.06. The predicted octanol–water partition coefficient (Wildman–Crippen LogP) is 1.88. The highest BCUT2D eigenvalue weighted by molar-refractivity contribution is 7.92. The van der Waals surface area contributed by atoms with Crippen molar-refractivity contribution in [2.45, 2.75) is 11.8 Å². The van der Waals surface area contributed by atoms with Crippen molar-refractivity contribution >= 4 is 33.3 Å². The topological polar surface area (TPSA) is 101 Å². The van der Waals surface area contributed by atoms with Gasteiger partial charge in [0.25, 0.3) is 10.0 Å². The second-order valence-electron chi connectivity index (χ2n) is 4.38. The third-order valence-corrected chi connectivity index (χ3v) is 4.46. The molecule has 0 amide bonds. The van der Waals surface area contributed by atoms with Crippen LogP contribution in [0, 0.1) is 6.92 Å². The van der Waals surface area contributed by atoms with Gasteiger partial charge >= 0.3 is 5.97 Å². The van der Waals surface area contributed by atoms with Crippen molar-refractivity contribution in [3.8, 4) is 0 Å². The number of carboxylic acids is 1. The number of sulfonamides is 1. The molecule has 0 spiro atoms. The number of hydrogen-bond donors (Lipinski definition) is 2. The molecular weight excluding hydrogens is 318 g/mol. The summed E-state index contributed by atoms with van der Waals surface area (Å²) in [6.45, 7) is 1.68. The highest BCUT2D eigenvalue weighted by atomic mass is 35.5. The van der Waals surface area contributed by atoms with E-state index in [4.69, 9.17) is 16.7 Å². The molecule has 0 aliphatic rings. The van der Waals surface area contributed by atoms with Crippen molar-refractivity contribution < 1.29 is 18.3 Å². The van der Waals surface area contributed by atoms with Gasteiger partial charge in [0.15, 0.2) is 5.15 Å². The second kappa shape index (κ2) is 5.38. The van der Waals surface area contributed by atoms with Gasteiger partial charge in [-0.2, -0.15) is 0 Å². The molecule has 7 nitrogen and oxygen atoms in total. The van der Waals surface area contributed by atoms with Gasteiger partial charge < -0.3 is 9.67 Å². The Morgan fingerprint density at radius 2 is 2.14 bits per heavy atom. The molecule has 112 valence electrons. The fraction of sp³-hybridized carbons (Fsp3) is 0.167. The molecule has 21 heavy (non-hydrogen) atoms. The highest BCUT2D eigenvalue weighted by Gasteiger charge is 2.22. The zero-order valence-electron chi connectivity index (χ0n) is 11.2. The Bertz CT molecular complexity index is 794. The lowest BCUT2D eigenvalue weighted by atomic mass is 10.3. The van der Waals surface area contributed by atoms with E-state index in [0.717, 1.165) is 6.07 Å². The van der Waals surface area contributed by atoms with E-state index in [1.54, 1.807) is 13.0 Å². The van der Waals surface area contributed by atoms with E-state index in [9.17, 15) is 13.2 Å². The van der Waals surface area contributed by atoms with Gasteiger partial charge in [0.2, 0.25) is 0 Å². The summed E-state index contributed by atoms with van der Waals surface area (Å²) >= 11 is 5.87. The summed E-state index contributed by atoms with van der Waals surface area (Å²) in [5, 5.41) is 8.98. The summed E-state index contributed by atoms with van der Waals surface area (Å²) in [7, 11) is -2.50. The molecule has 0 saturated heterocycles. The van der Waals surface area contributed by atoms with Crippen LogP contribution >= 0.6 is 11.6 Å². The van der Waals surface area contributed by atoms with Gasteiger partial charge in [-0.15, -0.1) is 0 Å². The largest absolute Gasteiger partial charge is 0.477 e. The number of rotatable bonds is 4. The number of halogens is 1. The summed E-state index contributed by atoms with van der Waals surface area (Å²) < 4.78 is 28.1. The Labute approximate surface area is 126 Å². The molecule has 0 atom stereocenters. The van der Waals surface area contributed by atoms with Crippen LogP contribution in [0.25, 0.3) is 0 Å². The zero-order chi connectivity index (χ0) is 15.8. The van der Waals surface area contributed by atoms with E-state index in [0.29, 0.717) is 5.56 Å². The smallest absolute Gasteiger partial charge is 0.352 e. The third kappa shape index (κ3) is 3.01. The first-order chi connectivity index (χ1) is 9.72. The summed E-state index contributed by atoms with van der Waals surface area (Å²) in [6, 6.07) is 2.68. The lowest BCUT2D eigenvalue weighted by Crippen LogP contribution is -2.14. The molecule has 0 aromatic carbocycles. The monoisotopic (exact) mass is 329 g/mol. The molecule has 2 rings (SSSR count). The van der Waals surface area contributed by atoms with Crippen LogP contribution in [0.1, 0.15) is 16.1 Å². The molecule has 2 aromatic rings. The molecule has 2 aromatic heterocycles. The molecule has 9 heteroatoms. The fourth-order valence-electron chi connectivity index (χ4n) is 1.73. The first kappa shape index (κ1) is 15.3. The van der Waals surface area contributed by atoms with Gasteiger partial charge in [-0.25, -0.2) is 18.2 Å². The van der Waals surface area contributed by atoms with Crippen LogP contribution in [0.2, 0.25) is 5.15 Å². The number of aromatic nitrogens is 2. The lowest BCUT2D eigenvalue weighted by molar-refractivity contribution is 0.0686. The van der Waals surface area contributed by atoms with Crippen molar-refractivity contribution in [2.75, 3.05) is 4.72 Å². The van der Waals surface area contributed by atoms with Crippen LogP contribution in [-0.4, -0.2) is 29.0 Å². The maximum absolute atomic E-state index is 12.3. The minimum Gasteiger partial charge on any atom is -0.477 e. The molecule has 0 unspecified atom stereocenters. The number of aromatic carboxylic acids is 1. The third-order valence-electron chi connectivity index (χ3n) is 2.86. The Morgan fingerprint density at radius 1 is 1.48 bits per heavy atom. The van der Waals surface area contributed by atoms with Crippen molar-refractivity contribution in [2.24, 2.45) is 7.05 Å². The van der Waals surface area contributed by atoms with Crippen LogP contribution in [0.4, 0.5) is 5.69 Å². The fourth-order valence-corrected chi connectivity index (χ4v) is 3.25. The molecule has 0 fully saturated rings. The average molecular weight is 330 g/mol. The number of carboxylic acid groups (broad SMARTS) is 1.